The van der Waals surface area contributed by atoms with E-state index < -0.39 is 17.5 Å². The number of nitrogens with zero attached hydrogens (tertiary/aromatic N) is 5. The molecule has 5 aliphatic heterocycles. The van der Waals surface area contributed by atoms with Gasteiger partial charge in [-0.05, 0) is 67.1 Å². The number of phenols is 1. The van der Waals surface area contributed by atoms with Crippen LogP contribution >= 0.6 is 0 Å². The molecule has 2 N–H and O–H groups in total. The summed E-state index contributed by atoms with van der Waals surface area (Å²) in [6.45, 7) is 4.63. The van der Waals surface area contributed by atoms with Gasteiger partial charge in [0, 0.05) is 37.2 Å². The first-order chi connectivity index (χ1) is 21.9. The quantitative estimate of drug-likeness (QED) is 0.325. The zero-order chi connectivity index (χ0) is 30.4. The Labute approximate surface area is 259 Å². The molecule has 9 nitrogen and oxygen atoms in total. The van der Waals surface area contributed by atoms with Gasteiger partial charge in [0.25, 0.3) is 0 Å². The second-order valence-electron chi connectivity index (χ2n) is 13.4. The number of benzene rings is 2. The number of phenolic OH excluding ortho intramolecular Hbond substituents is 1. The number of aryl methyl sites for hydroxylation is 1. The van der Waals surface area contributed by atoms with Crippen molar-refractivity contribution in [2.75, 3.05) is 37.7 Å². The molecular weight excluding hydrogens is 578 g/mol. The van der Waals surface area contributed by atoms with Gasteiger partial charge in [0.2, 0.25) is 5.88 Å². The average molecular weight is 615 g/mol. The monoisotopic (exact) mass is 614 g/mol. The molecule has 4 aromatic rings. The second-order valence-corrected chi connectivity index (χ2v) is 13.4. The number of pyridine rings is 1. The summed E-state index contributed by atoms with van der Waals surface area (Å²) >= 11 is 0. The molecule has 0 aliphatic carbocycles. The molecule has 2 aromatic heterocycles. The first-order valence-electron chi connectivity index (χ1n) is 16.2. The van der Waals surface area contributed by atoms with Crippen LogP contribution in [0, 0.1) is 5.82 Å². The van der Waals surface area contributed by atoms with Gasteiger partial charge in [-0.15, -0.1) is 0 Å². The molecular formula is C34H36F2N6O3. The Morgan fingerprint density at radius 1 is 1.16 bits per heavy atom. The van der Waals surface area contributed by atoms with E-state index in [4.69, 9.17) is 19.4 Å². The molecule has 2 bridgehead atoms. The molecule has 0 unspecified atom stereocenters. The van der Waals surface area contributed by atoms with Crippen molar-refractivity contribution in [2.45, 2.75) is 75.3 Å². The number of fused-ring (bicyclic) bond motifs is 7. The molecule has 4 saturated heterocycles. The van der Waals surface area contributed by atoms with Gasteiger partial charge >= 0.3 is 6.01 Å². The Kier molecular flexibility index (Phi) is 6.16. The molecule has 45 heavy (non-hydrogen) atoms. The van der Waals surface area contributed by atoms with Crippen molar-refractivity contribution in [2.24, 2.45) is 0 Å². The zero-order valence-electron chi connectivity index (χ0n) is 25.2. The summed E-state index contributed by atoms with van der Waals surface area (Å²) in [5.74, 6) is 0.240. The second kappa shape index (κ2) is 10.1. The molecule has 9 rings (SSSR count). The van der Waals surface area contributed by atoms with Crippen LogP contribution in [0.25, 0.3) is 32.9 Å². The van der Waals surface area contributed by atoms with Crippen molar-refractivity contribution in [1.82, 2.24) is 25.2 Å². The van der Waals surface area contributed by atoms with Crippen LogP contribution < -0.4 is 19.7 Å². The predicted octanol–water partition coefficient (Wildman–Crippen LogP) is 4.91. The number of piperazine rings is 1. The number of alkyl halides is 1. The minimum absolute atomic E-state index is 0.0187. The Balaban J connectivity index is 1.24. The number of aromatic hydroxyl groups is 1. The van der Waals surface area contributed by atoms with Crippen molar-refractivity contribution in [3.05, 3.63) is 41.7 Å². The SMILES string of the molecule is CCc1cccc2cc(O)cc(-c3nc4c5c(nc(OC[C@]67CCCN6C[C@H](F)C7)nc5c3F)N3C[C@@H]5CC[C@@H](N5)[C@@H]3CO4)c12. The summed E-state index contributed by atoms with van der Waals surface area (Å²) in [5.41, 5.74) is 1.24. The van der Waals surface area contributed by atoms with E-state index >= 15 is 4.39 Å². The first-order valence-corrected chi connectivity index (χ1v) is 16.2. The third-order valence-electron chi connectivity index (χ3n) is 10.8. The highest BCUT2D eigenvalue weighted by atomic mass is 19.1. The third-order valence-corrected chi connectivity index (χ3v) is 10.8. The minimum atomic E-state index is -0.885. The van der Waals surface area contributed by atoms with Gasteiger partial charge < -0.3 is 24.8 Å². The summed E-state index contributed by atoms with van der Waals surface area (Å²) in [6.07, 6.45) is 4.18. The van der Waals surface area contributed by atoms with E-state index in [1.807, 2.05) is 25.1 Å². The van der Waals surface area contributed by atoms with Crippen molar-refractivity contribution in [3.8, 4) is 28.9 Å². The van der Waals surface area contributed by atoms with Gasteiger partial charge in [-0.2, -0.15) is 9.97 Å². The smallest absolute Gasteiger partial charge is 0.319 e. The van der Waals surface area contributed by atoms with Gasteiger partial charge in [0.15, 0.2) is 5.82 Å². The minimum Gasteiger partial charge on any atom is -0.508 e. The van der Waals surface area contributed by atoms with E-state index in [9.17, 15) is 9.50 Å². The van der Waals surface area contributed by atoms with Crippen molar-refractivity contribution in [3.63, 3.8) is 0 Å². The van der Waals surface area contributed by atoms with Crippen molar-refractivity contribution >= 4 is 27.5 Å². The van der Waals surface area contributed by atoms with E-state index in [2.05, 4.69) is 20.1 Å². The molecule has 4 fully saturated rings. The number of hydrogen-bond donors (Lipinski definition) is 2. The summed E-state index contributed by atoms with van der Waals surface area (Å²) in [4.78, 5) is 18.8. The van der Waals surface area contributed by atoms with Crippen LogP contribution in [-0.2, 0) is 6.42 Å². The maximum absolute atomic E-state index is 17.0. The first kappa shape index (κ1) is 27.5. The van der Waals surface area contributed by atoms with E-state index in [1.165, 1.54) is 0 Å². The standard InChI is InChI=1S/C34H36F2N6O3/c1-2-18-5-3-6-19-11-22(43)12-23(26(18)19)29-28(36)30-27-31(42-15-21-7-8-24(37-21)25(42)16-44-32(27)38-29)40-33(39-30)45-17-34-9-4-10-41(34)14-20(35)13-34/h3,5-6,11-12,20-21,24-25,37,43H,2,4,7-10,13-17H2,1H3/t20-,21+,24-,25+,34-/m1/s1. The van der Waals surface area contributed by atoms with Gasteiger partial charge in [-0.3, -0.25) is 4.90 Å². The Hall–Kier alpha value is -3.83. The normalized spacial score (nSPS) is 28.7. The number of rotatable bonds is 5. The van der Waals surface area contributed by atoms with Crippen LogP contribution in [0.1, 0.15) is 44.6 Å². The van der Waals surface area contributed by atoms with E-state index in [0.29, 0.717) is 48.9 Å². The third kappa shape index (κ3) is 4.19. The Morgan fingerprint density at radius 2 is 2.07 bits per heavy atom. The zero-order valence-corrected chi connectivity index (χ0v) is 25.2. The molecule has 234 valence electrons. The lowest BCUT2D eigenvalue weighted by Gasteiger charge is -2.40. The fraction of sp³-hybridized carbons (Fsp3) is 0.500. The Bertz CT molecular complexity index is 1860. The van der Waals surface area contributed by atoms with Gasteiger partial charge in [-0.25, -0.2) is 13.8 Å². The fourth-order valence-electron chi connectivity index (χ4n) is 8.78. The predicted molar refractivity (Wildman–Crippen MR) is 166 cm³/mol. The van der Waals surface area contributed by atoms with Crippen LogP contribution in [-0.4, -0.2) is 87.6 Å². The van der Waals surface area contributed by atoms with E-state index in [-0.39, 0.29) is 47.5 Å². The van der Waals surface area contributed by atoms with Crippen LogP contribution in [0.2, 0.25) is 0 Å². The Morgan fingerprint density at radius 3 is 2.96 bits per heavy atom. The highest BCUT2D eigenvalue weighted by Gasteiger charge is 2.50. The lowest BCUT2D eigenvalue weighted by Crippen LogP contribution is -2.60. The van der Waals surface area contributed by atoms with Gasteiger partial charge in [0.05, 0.1) is 11.6 Å². The van der Waals surface area contributed by atoms with Crippen LogP contribution in [0.15, 0.2) is 30.3 Å². The topological polar surface area (TPSA) is 95.9 Å². The van der Waals surface area contributed by atoms with E-state index in [0.717, 1.165) is 55.0 Å². The van der Waals surface area contributed by atoms with Crippen LogP contribution in [0.4, 0.5) is 14.6 Å². The summed E-state index contributed by atoms with van der Waals surface area (Å²) in [5, 5.41) is 16.5. The molecule has 11 heteroatoms. The maximum Gasteiger partial charge on any atom is 0.319 e. The number of nitrogens with one attached hydrogen (secondary N) is 1. The number of ether oxygens (including phenoxy) is 2. The highest BCUT2D eigenvalue weighted by molar-refractivity contribution is 6.03. The van der Waals surface area contributed by atoms with Crippen molar-refractivity contribution < 1.29 is 23.4 Å². The van der Waals surface area contributed by atoms with Gasteiger partial charge in [-0.1, -0.05) is 25.1 Å². The summed E-state index contributed by atoms with van der Waals surface area (Å²) < 4.78 is 44.3. The molecule has 7 heterocycles. The van der Waals surface area contributed by atoms with Gasteiger partial charge in [0.1, 0.15) is 47.5 Å². The molecule has 0 radical (unpaired) electrons. The molecule has 0 amide bonds. The molecule has 0 saturated carbocycles. The number of aromatic nitrogens is 3. The molecule has 5 atom stereocenters. The summed E-state index contributed by atoms with van der Waals surface area (Å²) in [6, 6.07) is 9.68. The lowest BCUT2D eigenvalue weighted by molar-refractivity contribution is 0.107. The average Bonchev–Trinajstić information content (AvgIpc) is 3.67. The van der Waals surface area contributed by atoms with Crippen LogP contribution in [0.5, 0.6) is 17.6 Å². The largest absolute Gasteiger partial charge is 0.508 e. The maximum atomic E-state index is 17.0. The molecule has 2 aromatic carbocycles. The van der Waals surface area contributed by atoms with Crippen molar-refractivity contribution in [1.29, 1.82) is 0 Å². The summed E-state index contributed by atoms with van der Waals surface area (Å²) in [7, 11) is 0. The molecule has 5 aliphatic rings. The fourth-order valence-corrected chi connectivity index (χ4v) is 8.78. The number of halogens is 2. The number of hydrogen-bond acceptors (Lipinski definition) is 9. The highest BCUT2D eigenvalue weighted by Crippen LogP contribution is 2.45. The number of anilines is 1. The van der Waals surface area contributed by atoms with E-state index in [1.54, 1.807) is 12.1 Å². The van der Waals surface area contributed by atoms with Crippen LogP contribution in [0.3, 0.4) is 0 Å². The molecule has 0 spiro atoms. The lowest BCUT2D eigenvalue weighted by atomic mass is 9.95.